The maximum absolute atomic E-state index is 15.4. The molecule has 0 bridgehead atoms. The van der Waals surface area contributed by atoms with E-state index in [-0.39, 0.29) is 34.4 Å². The molecule has 0 aliphatic carbocycles. The van der Waals surface area contributed by atoms with E-state index in [2.05, 4.69) is 9.88 Å². The first kappa shape index (κ1) is 28.1. The van der Waals surface area contributed by atoms with Gasteiger partial charge in [0.2, 0.25) is 0 Å². The van der Waals surface area contributed by atoms with Crippen molar-refractivity contribution in [3.8, 4) is 16.9 Å². The van der Waals surface area contributed by atoms with Crippen LogP contribution in [0.4, 0.5) is 13.2 Å². The number of aromatic nitrogens is 2. The lowest BCUT2D eigenvalue weighted by Crippen LogP contribution is -2.29. The summed E-state index contributed by atoms with van der Waals surface area (Å²) in [6.45, 7) is 4.58. The van der Waals surface area contributed by atoms with Crippen molar-refractivity contribution in [3.63, 3.8) is 0 Å². The fraction of sp³-hybridized carbons (Fsp3) is 0.290. The van der Waals surface area contributed by atoms with Gasteiger partial charge in [0.15, 0.2) is 17.0 Å². The predicted molar refractivity (Wildman–Crippen MR) is 147 cm³/mol. The van der Waals surface area contributed by atoms with E-state index in [9.17, 15) is 13.6 Å². The summed E-state index contributed by atoms with van der Waals surface area (Å²) in [6, 6.07) is 14.1. The molecule has 0 N–H and O–H groups in total. The smallest absolute Gasteiger partial charge is 0.193 e. The zero-order valence-corrected chi connectivity index (χ0v) is 22.6. The maximum Gasteiger partial charge on any atom is 0.193 e. The lowest BCUT2D eigenvalue weighted by atomic mass is 9.96. The molecule has 5 nitrogen and oxygen atoms in total. The average molecular weight is 536 g/mol. The zero-order chi connectivity index (χ0) is 28.1. The molecule has 0 spiro atoms. The normalized spacial score (nSPS) is 11.3. The van der Waals surface area contributed by atoms with E-state index in [0.717, 1.165) is 18.7 Å². The topological polar surface area (TPSA) is 47.4 Å². The number of likely N-dealkylation sites (N-methyl/N-ethyl adjacent to an activating group) is 1. The fourth-order valence-electron chi connectivity index (χ4n) is 4.85. The third kappa shape index (κ3) is 6.06. The molecule has 0 aliphatic rings. The molecule has 2 aromatic carbocycles. The molecular weight excluding hydrogens is 503 g/mol. The highest BCUT2D eigenvalue weighted by Crippen LogP contribution is 2.31. The molecule has 4 rings (SSSR count). The number of methoxy groups -OCH3 is 1. The van der Waals surface area contributed by atoms with E-state index in [1.54, 1.807) is 30.7 Å². The Morgan fingerprint density at radius 2 is 1.56 bits per heavy atom. The van der Waals surface area contributed by atoms with Gasteiger partial charge in [-0.3, -0.25) is 9.78 Å². The molecule has 2 aromatic heterocycles. The third-order valence-electron chi connectivity index (χ3n) is 7.16. The second-order valence-corrected chi connectivity index (χ2v) is 9.59. The molecule has 4 aromatic rings. The van der Waals surface area contributed by atoms with Crippen molar-refractivity contribution in [1.29, 1.82) is 0 Å². The second-order valence-electron chi connectivity index (χ2n) is 9.59. The molecule has 0 fully saturated rings. The number of benzene rings is 2. The minimum atomic E-state index is -0.683. The Balaban J connectivity index is 1.76. The molecule has 0 radical (unpaired) electrons. The molecule has 0 atom stereocenters. The predicted octanol–water partition coefficient (Wildman–Crippen LogP) is 5.72. The van der Waals surface area contributed by atoms with Crippen LogP contribution in [0.1, 0.15) is 28.2 Å². The van der Waals surface area contributed by atoms with Crippen molar-refractivity contribution < 1.29 is 17.9 Å². The summed E-state index contributed by atoms with van der Waals surface area (Å²) in [5.74, 6) is -2.02. The van der Waals surface area contributed by atoms with E-state index in [1.165, 1.54) is 37.4 Å². The van der Waals surface area contributed by atoms with Crippen LogP contribution in [0.25, 0.3) is 11.1 Å². The van der Waals surface area contributed by atoms with E-state index < -0.39 is 17.5 Å². The van der Waals surface area contributed by atoms with Crippen molar-refractivity contribution in [2.75, 3.05) is 27.2 Å². The van der Waals surface area contributed by atoms with Crippen molar-refractivity contribution in [2.24, 2.45) is 0 Å². The summed E-state index contributed by atoms with van der Waals surface area (Å²) < 4.78 is 51.5. The summed E-state index contributed by atoms with van der Waals surface area (Å²) in [4.78, 5) is 20.3. The van der Waals surface area contributed by atoms with Gasteiger partial charge in [0, 0.05) is 59.5 Å². The van der Waals surface area contributed by atoms with E-state index in [4.69, 9.17) is 4.74 Å². The SMILES string of the molecule is COc1cccc(-c2c(C)n(Cc3c(F)cccc3F)c(C)c(CCN(C)CCc3ccccn3)c2=O)c1F. The van der Waals surface area contributed by atoms with Crippen LogP contribution in [-0.4, -0.2) is 41.7 Å². The number of halogens is 3. The van der Waals surface area contributed by atoms with Gasteiger partial charge >= 0.3 is 0 Å². The van der Waals surface area contributed by atoms with Gasteiger partial charge in [-0.2, -0.15) is 0 Å². The number of pyridine rings is 2. The summed E-state index contributed by atoms with van der Waals surface area (Å²) in [5, 5.41) is 0. The molecule has 204 valence electrons. The number of ether oxygens (including phenoxy) is 1. The van der Waals surface area contributed by atoms with Gasteiger partial charge in [-0.15, -0.1) is 0 Å². The first-order valence-electron chi connectivity index (χ1n) is 12.8. The molecule has 39 heavy (non-hydrogen) atoms. The first-order valence-corrected chi connectivity index (χ1v) is 12.8. The Morgan fingerprint density at radius 1 is 0.872 bits per heavy atom. The van der Waals surface area contributed by atoms with Crippen molar-refractivity contribution >= 4 is 0 Å². The Kier molecular flexibility index (Phi) is 8.86. The third-order valence-corrected chi connectivity index (χ3v) is 7.16. The van der Waals surface area contributed by atoms with E-state index >= 15 is 4.39 Å². The highest BCUT2D eigenvalue weighted by atomic mass is 19.1. The van der Waals surface area contributed by atoms with Crippen LogP contribution in [0.5, 0.6) is 5.75 Å². The Hall–Kier alpha value is -3.91. The summed E-state index contributed by atoms with van der Waals surface area (Å²) in [6.07, 6.45) is 2.88. The quantitative estimate of drug-likeness (QED) is 0.261. The Morgan fingerprint density at radius 3 is 2.23 bits per heavy atom. The summed E-state index contributed by atoms with van der Waals surface area (Å²) in [7, 11) is 3.32. The monoisotopic (exact) mass is 535 g/mol. The minimum absolute atomic E-state index is 0.00868. The standard InChI is InChI=1S/C31H32F3N3O2/c1-20-23(15-18-36(3)17-14-22-9-5-6-16-35-22)31(38)29(24-10-7-13-28(39-4)30(24)34)21(2)37(20)19-25-26(32)11-8-12-27(25)33/h5-13,16H,14-15,17-19H2,1-4H3. The molecular formula is C31H32F3N3O2. The minimum Gasteiger partial charge on any atom is -0.494 e. The van der Waals surface area contributed by atoms with Crippen LogP contribution < -0.4 is 10.2 Å². The van der Waals surface area contributed by atoms with E-state index in [0.29, 0.717) is 29.9 Å². The molecule has 0 aliphatic heterocycles. The lowest BCUT2D eigenvalue weighted by molar-refractivity contribution is 0.340. The maximum atomic E-state index is 15.4. The highest BCUT2D eigenvalue weighted by Gasteiger charge is 2.23. The van der Waals surface area contributed by atoms with Gasteiger partial charge in [-0.1, -0.05) is 24.3 Å². The number of hydrogen-bond donors (Lipinski definition) is 0. The fourth-order valence-corrected chi connectivity index (χ4v) is 4.85. The molecule has 2 heterocycles. The van der Waals surface area contributed by atoms with Crippen LogP contribution in [-0.2, 0) is 19.4 Å². The molecule has 8 heteroatoms. The van der Waals surface area contributed by atoms with Gasteiger partial charge < -0.3 is 14.2 Å². The van der Waals surface area contributed by atoms with Crippen molar-refractivity contribution in [3.05, 3.63) is 117 Å². The van der Waals surface area contributed by atoms with Gasteiger partial charge in [-0.05, 0) is 57.6 Å². The molecule has 0 saturated carbocycles. The van der Waals surface area contributed by atoms with Crippen LogP contribution in [0.3, 0.4) is 0 Å². The van der Waals surface area contributed by atoms with Crippen LogP contribution >= 0.6 is 0 Å². The van der Waals surface area contributed by atoms with Crippen molar-refractivity contribution in [2.45, 2.75) is 33.2 Å². The summed E-state index contributed by atoms with van der Waals surface area (Å²) >= 11 is 0. The Bertz CT molecular complexity index is 1500. The first-order chi connectivity index (χ1) is 18.7. The number of hydrogen-bond acceptors (Lipinski definition) is 4. The molecule has 0 unspecified atom stereocenters. The summed E-state index contributed by atoms with van der Waals surface area (Å²) in [5.41, 5.74) is 2.26. The van der Waals surface area contributed by atoms with Crippen LogP contribution in [0, 0.1) is 31.3 Å². The van der Waals surface area contributed by atoms with Crippen LogP contribution in [0.2, 0.25) is 0 Å². The van der Waals surface area contributed by atoms with E-state index in [1.807, 2.05) is 25.2 Å². The molecule has 0 saturated heterocycles. The zero-order valence-electron chi connectivity index (χ0n) is 22.6. The number of nitrogens with zero attached hydrogens (tertiary/aromatic N) is 3. The van der Waals surface area contributed by atoms with Gasteiger partial charge in [0.05, 0.1) is 19.2 Å². The van der Waals surface area contributed by atoms with Gasteiger partial charge in [-0.25, -0.2) is 13.2 Å². The molecule has 0 amide bonds. The Labute approximate surface area is 226 Å². The van der Waals surface area contributed by atoms with Gasteiger partial charge in [0.25, 0.3) is 0 Å². The van der Waals surface area contributed by atoms with Crippen molar-refractivity contribution in [1.82, 2.24) is 14.5 Å². The largest absolute Gasteiger partial charge is 0.494 e. The average Bonchev–Trinajstić information content (AvgIpc) is 2.92. The lowest BCUT2D eigenvalue weighted by Gasteiger charge is -2.23. The number of rotatable bonds is 10. The van der Waals surface area contributed by atoms with Crippen LogP contribution in [0.15, 0.2) is 65.6 Å². The highest BCUT2D eigenvalue weighted by molar-refractivity contribution is 5.69. The second kappa shape index (κ2) is 12.3. The van der Waals surface area contributed by atoms with Gasteiger partial charge in [0.1, 0.15) is 11.6 Å².